The number of rotatable bonds is 7. The van der Waals surface area contributed by atoms with Crippen LogP contribution in [0.25, 0.3) is 0 Å². The lowest BCUT2D eigenvalue weighted by atomic mass is 9.92. The Balaban J connectivity index is 2.48. The van der Waals surface area contributed by atoms with Gasteiger partial charge in [0.15, 0.2) is 0 Å². The minimum atomic E-state index is -3.25. The smallest absolute Gasteiger partial charge is 0.343 e. The predicted octanol–water partition coefficient (Wildman–Crippen LogP) is 9.88. The van der Waals surface area contributed by atoms with Crippen LogP contribution in [0.2, 0.25) is 0 Å². The topological polar surface area (TPSA) is 6.48 Å². The van der Waals surface area contributed by atoms with E-state index in [0.717, 1.165) is 17.1 Å². The van der Waals surface area contributed by atoms with Gasteiger partial charge in [0.1, 0.15) is 0 Å². The summed E-state index contributed by atoms with van der Waals surface area (Å²) in [5.74, 6) is 1.25. The van der Waals surface area contributed by atoms with Gasteiger partial charge in [-0.1, -0.05) is 98.4 Å². The molecular weight excluding hydrogens is 539 g/mol. The standard InChI is InChI=1S/C29H41Cl3N2Si2/c1-18(2)24-13-11-14-25(19(3)4)28(24)33-22(9)17-23(10)34(36(33,32)35(30)31)29-26(20(5)6)15-12-16-27(29)21(7)8/h11-21,35H,9H2,1-8,10H3/t36-/m0/s1. The number of nitrogens with zero attached hydrogens (tertiary/aromatic N) is 2. The quantitative estimate of drug-likeness (QED) is 0.238. The Morgan fingerprint density at radius 2 is 1.03 bits per heavy atom. The minimum Gasteiger partial charge on any atom is -0.343 e. The van der Waals surface area contributed by atoms with Gasteiger partial charge >= 0.3 is 7.22 Å². The van der Waals surface area contributed by atoms with Crippen LogP contribution in [0, 0.1) is 0 Å². The second-order valence-corrected chi connectivity index (χ2v) is 26.2. The van der Waals surface area contributed by atoms with Crippen molar-refractivity contribution in [1.82, 2.24) is 0 Å². The highest BCUT2D eigenvalue weighted by Gasteiger charge is 2.58. The molecule has 2 aromatic rings. The maximum Gasteiger partial charge on any atom is 0.385 e. The summed E-state index contributed by atoms with van der Waals surface area (Å²) in [6.45, 7) is 22.0. The van der Waals surface area contributed by atoms with Crippen molar-refractivity contribution in [2.75, 3.05) is 9.13 Å². The number of allylic oxidation sites excluding steroid dienone is 2. The van der Waals surface area contributed by atoms with E-state index in [9.17, 15) is 0 Å². The monoisotopic (exact) mass is 578 g/mol. The molecule has 0 amide bonds. The van der Waals surface area contributed by atoms with E-state index < -0.39 is 14.2 Å². The second kappa shape index (κ2) is 11.3. The number of para-hydroxylation sites is 2. The van der Waals surface area contributed by atoms with Gasteiger partial charge in [-0.2, -0.15) is 0 Å². The summed E-state index contributed by atoms with van der Waals surface area (Å²) in [7, 11) is -3.25. The molecule has 1 aliphatic heterocycles. The minimum absolute atomic E-state index is 0.307. The van der Waals surface area contributed by atoms with Crippen LogP contribution in [-0.4, -0.2) is 14.2 Å². The van der Waals surface area contributed by atoms with E-state index in [0.29, 0.717) is 23.7 Å². The van der Waals surface area contributed by atoms with E-state index in [-0.39, 0.29) is 0 Å². The van der Waals surface area contributed by atoms with Crippen LogP contribution < -0.4 is 9.13 Å². The molecule has 0 aromatic heterocycles. The van der Waals surface area contributed by atoms with Gasteiger partial charge in [0.05, 0.1) is 0 Å². The van der Waals surface area contributed by atoms with Crippen LogP contribution in [0.3, 0.4) is 0 Å². The van der Waals surface area contributed by atoms with Crippen molar-refractivity contribution in [2.24, 2.45) is 0 Å². The molecule has 0 N–H and O–H groups in total. The van der Waals surface area contributed by atoms with Gasteiger partial charge in [-0.05, 0) is 58.9 Å². The molecule has 36 heavy (non-hydrogen) atoms. The van der Waals surface area contributed by atoms with Crippen LogP contribution in [0.15, 0.2) is 60.4 Å². The molecule has 0 radical (unpaired) electrons. The Bertz CT molecular complexity index is 1100. The first-order valence-corrected chi connectivity index (χ1v) is 21.2. The lowest BCUT2D eigenvalue weighted by Crippen LogP contribution is -2.70. The van der Waals surface area contributed by atoms with Gasteiger partial charge in [0, 0.05) is 22.8 Å². The molecule has 1 aliphatic rings. The third-order valence-corrected chi connectivity index (χ3v) is 23.6. The van der Waals surface area contributed by atoms with Crippen molar-refractivity contribution in [1.29, 1.82) is 0 Å². The molecule has 0 saturated heterocycles. The zero-order valence-electron chi connectivity index (χ0n) is 23.2. The molecule has 1 heterocycles. The van der Waals surface area contributed by atoms with Gasteiger partial charge in [-0.25, -0.2) is 0 Å². The summed E-state index contributed by atoms with van der Waals surface area (Å²) in [5.41, 5.74) is 9.25. The van der Waals surface area contributed by atoms with E-state index in [2.05, 4.69) is 120 Å². The molecule has 0 fully saturated rings. The largest absolute Gasteiger partial charge is 0.385 e. The van der Waals surface area contributed by atoms with Crippen LogP contribution in [0.4, 0.5) is 11.4 Å². The molecule has 2 aromatic carbocycles. The van der Waals surface area contributed by atoms with Gasteiger partial charge in [-0.3, -0.25) is 0 Å². The molecular formula is C29H41Cl3N2Si2. The van der Waals surface area contributed by atoms with E-state index >= 15 is 0 Å². The third kappa shape index (κ3) is 5.09. The maximum absolute atomic E-state index is 7.99. The fraction of sp³-hybridized carbons (Fsp3) is 0.448. The summed E-state index contributed by atoms with van der Waals surface area (Å²) >= 11 is 22.2. The molecule has 0 spiro atoms. The number of hydrogen-bond donors (Lipinski definition) is 0. The molecule has 196 valence electrons. The number of halogens is 3. The zero-order chi connectivity index (χ0) is 27.1. The summed E-state index contributed by atoms with van der Waals surface area (Å²) in [6, 6.07) is 13.2. The van der Waals surface area contributed by atoms with E-state index in [4.69, 9.17) is 33.2 Å². The van der Waals surface area contributed by atoms with Crippen molar-refractivity contribution >= 4 is 58.8 Å². The Kier molecular flexibility index (Phi) is 9.21. The molecule has 0 bridgehead atoms. The predicted molar refractivity (Wildman–Crippen MR) is 168 cm³/mol. The summed E-state index contributed by atoms with van der Waals surface area (Å²) in [4.78, 5) is 0. The first-order valence-electron chi connectivity index (χ1n) is 12.9. The van der Waals surface area contributed by atoms with Gasteiger partial charge in [0.25, 0.3) is 6.93 Å². The van der Waals surface area contributed by atoms with Gasteiger partial charge in [-0.15, -0.1) is 33.2 Å². The SMILES string of the molecule is C=C1C=C(C)N(c2c(C(C)C)cccc2C(C)C)[Si@@](Cl)([SiH](Cl)Cl)N1c1c(C(C)C)cccc1C(C)C. The summed E-state index contributed by atoms with van der Waals surface area (Å²) in [6.07, 6.45) is 2.15. The molecule has 2 nitrogen and oxygen atoms in total. The van der Waals surface area contributed by atoms with Gasteiger partial charge in [0.2, 0.25) is 0 Å². The lowest BCUT2D eigenvalue weighted by molar-refractivity contribution is 0.824. The Labute approximate surface area is 235 Å². The van der Waals surface area contributed by atoms with Crippen molar-refractivity contribution in [3.8, 4) is 0 Å². The lowest BCUT2D eigenvalue weighted by Gasteiger charge is -2.53. The number of anilines is 2. The zero-order valence-corrected chi connectivity index (χ0v) is 27.6. The fourth-order valence-corrected chi connectivity index (χ4v) is 15.8. The summed E-state index contributed by atoms with van der Waals surface area (Å²) < 4.78 is 4.64. The normalized spacial score (nSPS) is 18.9. The molecule has 0 aliphatic carbocycles. The first-order chi connectivity index (χ1) is 16.7. The molecule has 3 rings (SSSR count). The highest BCUT2D eigenvalue weighted by Crippen LogP contribution is 2.50. The average Bonchev–Trinajstić information content (AvgIpc) is 2.78. The maximum atomic E-state index is 7.99. The molecule has 0 unspecified atom stereocenters. The van der Waals surface area contributed by atoms with Crippen molar-refractivity contribution in [3.63, 3.8) is 0 Å². The highest BCUT2D eigenvalue weighted by molar-refractivity contribution is 7.77. The van der Waals surface area contributed by atoms with E-state index in [1.165, 1.54) is 27.9 Å². The molecule has 1 atom stereocenters. The van der Waals surface area contributed by atoms with Crippen molar-refractivity contribution < 1.29 is 0 Å². The van der Waals surface area contributed by atoms with Crippen LogP contribution in [-0.2, 0) is 0 Å². The van der Waals surface area contributed by atoms with Crippen molar-refractivity contribution in [2.45, 2.75) is 86.0 Å². The second-order valence-electron chi connectivity index (χ2n) is 11.1. The molecule has 7 heteroatoms. The van der Waals surface area contributed by atoms with E-state index in [1.54, 1.807) is 0 Å². The van der Waals surface area contributed by atoms with Crippen LogP contribution >= 0.6 is 33.2 Å². The Morgan fingerprint density at radius 3 is 1.33 bits per heavy atom. The Hall–Kier alpha value is -1.18. The van der Waals surface area contributed by atoms with Crippen LogP contribution in [0.5, 0.6) is 0 Å². The highest BCUT2D eigenvalue weighted by atomic mass is 35.7. The molecule has 0 saturated carbocycles. The first kappa shape index (κ1) is 29.4. The number of hydrogen-bond acceptors (Lipinski definition) is 2. The number of benzene rings is 2. The third-order valence-electron chi connectivity index (χ3n) is 7.05. The summed E-state index contributed by atoms with van der Waals surface area (Å²) in [5, 5.41) is 0. The van der Waals surface area contributed by atoms with E-state index in [1.807, 2.05) is 0 Å². The Morgan fingerprint density at radius 1 is 0.694 bits per heavy atom. The van der Waals surface area contributed by atoms with Crippen molar-refractivity contribution in [3.05, 3.63) is 82.7 Å². The average molecular weight is 580 g/mol. The van der Waals surface area contributed by atoms with Crippen LogP contribution in [0.1, 0.15) is 108 Å². The van der Waals surface area contributed by atoms with Gasteiger partial charge < -0.3 is 9.13 Å². The fourth-order valence-electron chi connectivity index (χ4n) is 5.29.